The van der Waals surface area contributed by atoms with Crippen molar-refractivity contribution in [3.63, 3.8) is 0 Å². The van der Waals surface area contributed by atoms with E-state index >= 15 is 0 Å². The Hall–Kier alpha value is -6.72. The molecule has 4 aliphatic carbocycles. The van der Waals surface area contributed by atoms with Crippen molar-refractivity contribution in [2.24, 2.45) is 5.92 Å². The van der Waals surface area contributed by atoms with Crippen LogP contribution in [-0.4, -0.2) is 14.5 Å². The topological polar surface area (TPSA) is 47.1 Å². The number of allylic oxidation sites excluding steroid dienone is 4. The summed E-state index contributed by atoms with van der Waals surface area (Å²) in [5, 5.41) is 3.30. The number of para-hydroxylation sites is 2. The molecule has 2 atom stereocenters. The molecule has 2 unspecified atom stereocenters. The molecule has 5 nitrogen and oxygen atoms in total. The zero-order valence-electron chi connectivity index (χ0n) is 31.3. The SMILES string of the molecule is CC1(C)c2ccccc2-c2ccc(N(c3ccc4c(c3)C3(C)C5=C4C=CCC53)c3ccc4c(c3)c3ccccc3n4-c3ncnc4c3oc3ccccc34)cc21. The maximum atomic E-state index is 6.48. The predicted octanol–water partition coefficient (Wildman–Crippen LogP) is 12.9. The number of furan rings is 1. The first-order chi connectivity index (χ1) is 27.4. The molecule has 1 fully saturated rings. The number of fused-ring (bicyclic) bond motifs is 13. The summed E-state index contributed by atoms with van der Waals surface area (Å²) in [5.74, 6) is 1.36. The van der Waals surface area contributed by atoms with Crippen molar-refractivity contribution in [3.8, 4) is 16.9 Å². The lowest BCUT2D eigenvalue weighted by atomic mass is 9.82. The van der Waals surface area contributed by atoms with Crippen molar-refractivity contribution < 1.29 is 4.42 Å². The Morgan fingerprint density at radius 3 is 2.23 bits per heavy atom. The average Bonchev–Trinajstić information content (AvgIpc) is 3.51. The van der Waals surface area contributed by atoms with Gasteiger partial charge in [-0.3, -0.25) is 4.57 Å². The first-order valence-electron chi connectivity index (χ1n) is 19.7. The van der Waals surface area contributed by atoms with Crippen LogP contribution >= 0.6 is 0 Å². The van der Waals surface area contributed by atoms with Crippen molar-refractivity contribution in [2.45, 2.75) is 38.0 Å². The average molecular weight is 721 g/mol. The Morgan fingerprint density at radius 2 is 1.34 bits per heavy atom. The lowest BCUT2D eigenvalue weighted by Crippen LogP contribution is -2.17. The zero-order valence-corrected chi connectivity index (χ0v) is 31.3. The molecule has 3 heterocycles. The van der Waals surface area contributed by atoms with E-state index in [9.17, 15) is 0 Å². The molecule has 56 heavy (non-hydrogen) atoms. The van der Waals surface area contributed by atoms with Gasteiger partial charge in [-0.25, -0.2) is 9.97 Å². The molecule has 0 bridgehead atoms. The molecule has 6 aromatic carbocycles. The van der Waals surface area contributed by atoms with Gasteiger partial charge in [0.15, 0.2) is 11.4 Å². The van der Waals surface area contributed by atoms with Crippen LogP contribution in [0, 0.1) is 5.92 Å². The molecule has 0 saturated heterocycles. The van der Waals surface area contributed by atoms with Crippen molar-refractivity contribution in [2.75, 3.05) is 4.90 Å². The molecular formula is C51H36N4O. The molecule has 4 aliphatic rings. The number of rotatable bonds is 4. The highest BCUT2D eigenvalue weighted by atomic mass is 16.3. The minimum absolute atomic E-state index is 0.117. The van der Waals surface area contributed by atoms with Gasteiger partial charge in [0.2, 0.25) is 0 Å². The molecule has 0 aliphatic heterocycles. The monoisotopic (exact) mass is 720 g/mol. The van der Waals surface area contributed by atoms with Gasteiger partial charge in [0, 0.05) is 44.1 Å². The second-order valence-corrected chi connectivity index (χ2v) is 16.7. The third kappa shape index (κ3) is 3.71. The summed E-state index contributed by atoms with van der Waals surface area (Å²) in [7, 11) is 0. The van der Waals surface area contributed by atoms with Gasteiger partial charge < -0.3 is 9.32 Å². The van der Waals surface area contributed by atoms with Gasteiger partial charge in [-0.15, -0.1) is 0 Å². The minimum atomic E-state index is -0.117. The Labute approximate surface area is 323 Å². The minimum Gasteiger partial charge on any atom is -0.450 e. The summed E-state index contributed by atoms with van der Waals surface area (Å²) < 4.78 is 8.72. The predicted molar refractivity (Wildman–Crippen MR) is 227 cm³/mol. The number of benzene rings is 6. The summed E-state index contributed by atoms with van der Waals surface area (Å²) in [5.41, 5.74) is 19.2. The summed E-state index contributed by atoms with van der Waals surface area (Å²) >= 11 is 0. The highest BCUT2D eigenvalue weighted by Gasteiger charge is 2.62. The van der Waals surface area contributed by atoms with Crippen molar-refractivity contribution >= 4 is 66.5 Å². The molecule has 0 amide bonds. The Kier molecular flexibility index (Phi) is 5.64. The molecular weight excluding hydrogens is 685 g/mol. The molecule has 0 radical (unpaired) electrons. The fourth-order valence-corrected chi connectivity index (χ4v) is 10.9. The van der Waals surface area contributed by atoms with E-state index in [1.54, 1.807) is 11.9 Å². The molecule has 13 rings (SSSR count). The number of nitrogens with zero attached hydrogens (tertiary/aromatic N) is 4. The smallest absolute Gasteiger partial charge is 0.197 e. The third-order valence-corrected chi connectivity index (χ3v) is 13.7. The standard InChI is InChI=1S/C51H36N4O/c1-50(2)39-15-7-4-11-32(39)33-22-19-30(26-41(33)50)54(31-20-23-34-36-14-10-16-40-46(36)51(40,3)42(34)27-31)29-21-24-44-38(25-29)35-12-5-8-17-43(35)55(44)49-48-47(52-28-53-49)37-13-6-9-18-45(37)56-48/h4-15,17-28,40H,16H2,1-3H3. The van der Waals surface area contributed by atoms with Crippen LogP contribution in [0.2, 0.25) is 0 Å². The normalized spacial score (nSPS) is 19.5. The largest absolute Gasteiger partial charge is 0.450 e. The molecule has 0 spiro atoms. The van der Waals surface area contributed by atoms with Crippen LogP contribution in [0.5, 0.6) is 0 Å². The van der Waals surface area contributed by atoms with E-state index in [-0.39, 0.29) is 10.8 Å². The van der Waals surface area contributed by atoms with E-state index in [0.717, 1.165) is 61.9 Å². The van der Waals surface area contributed by atoms with E-state index in [2.05, 4.69) is 157 Å². The third-order valence-electron chi connectivity index (χ3n) is 13.7. The van der Waals surface area contributed by atoms with E-state index < -0.39 is 0 Å². The number of hydrogen-bond acceptors (Lipinski definition) is 4. The van der Waals surface area contributed by atoms with Crippen LogP contribution in [-0.2, 0) is 10.8 Å². The van der Waals surface area contributed by atoms with Crippen molar-refractivity contribution in [3.05, 3.63) is 174 Å². The van der Waals surface area contributed by atoms with Gasteiger partial charge in [0.05, 0.1) is 11.0 Å². The summed E-state index contributed by atoms with van der Waals surface area (Å²) in [4.78, 5) is 12.0. The lowest BCUT2D eigenvalue weighted by Gasteiger charge is -2.29. The molecule has 3 aromatic heterocycles. The highest BCUT2D eigenvalue weighted by molar-refractivity contribution is 6.12. The fraction of sp³-hybridized carbons (Fsp3) is 0.137. The molecule has 266 valence electrons. The van der Waals surface area contributed by atoms with Crippen LogP contribution in [0.25, 0.3) is 66.4 Å². The van der Waals surface area contributed by atoms with Gasteiger partial charge in [0.25, 0.3) is 0 Å². The summed E-state index contributed by atoms with van der Waals surface area (Å²) in [6.45, 7) is 7.19. The first kappa shape index (κ1) is 30.6. The second kappa shape index (κ2) is 10.3. The van der Waals surface area contributed by atoms with Gasteiger partial charge >= 0.3 is 0 Å². The molecule has 5 heteroatoms. The number of aromatic nitrogens is 3. The van der Waals surface area contributed by atoms with Gasteiger partial charge in [-0.1, -0.05) is 99.7 Å². The first-order valence-corrected chi connectivity index (χ1v) is 19.7. The molecule has 1 saturated carbocycles. The van der Waals surface area contributed by atoms with Crippen LogP contribution in [0.3, 0.4) is 0 Å². The van der Waals surface area contributed by atoms with Gasteiger partial charge in [-0.2, -0.15) is 0 Å². The highest BCUT2D eigenvalue weighted by Crippen LogP contribution is 2.71. The summed E-state index contributed by atoms with van der Waals surface area (Å²) in [6.07, 6.45) is 7.52. The molecule has 0 N–H and O–H groups in total. The zero-order chi connectivity index (χ0) is 37.1. The van der Waals surface area contributed by atoms with Crippen LogP contribution in [0.15, 0.2) is 156 Å². The van der Waals surface area contributed by atoms with E-state index in [1.165, 1.54) is 44.6 Å². The van der Waals surface area contributed by atoms with Gasteiger partial charge in [0.1, 0.15) is 17.4 Å². The van der Waals surface area contributed by atoms with Crippen LogP contribution < -0.4 is 4.90 Å². The van der Waals surface area contributed by atoms with Crippen molar-refractivity contribution in [1.82, 2.24) is 14.5 Å². The summed E-state index contributed by atoms with van der Waals surface area (Å²) in [6, 6.07) is 46.8. The fourth-order valence-electron chi connectivity index (χ4n) is 10.9. The van der Waals surface area contributed by atoms with Crippen molar-refractivity contribution in [1.29, 1.82) is 0 Å². The van der Waals surface area contributed by atoms with E-state index in [1.807, 2.05) is 18.2 Å². The maximum Gasteiger partial charge on any atom is 0.197 e. The van der Waals surface area contributed by atoms with E-state index in [4.69, 9.17) is 9.40 Å². The van der Waals surface area contributed by atoms with E-state index in [0.29, 0.717) is 11.5 Å². The number of hydrogen-bond donors (Lipinski definition) is 0. The maximum absolute atomic E-state index is 6.48. The van der Waals surface area contributed by atoms with Crippen LogP contribution in [0.1, 0.15) is 49.4 Å². The van der Waals surface area contributed by atoms with Gasteiger partial charge in [-0.05, 0) is 118 Å². The number of anilines is 3. The Bertz CT molecular complexity index is 3300. The quantitative estimate of drug-likeness (QED) is 0.182. The van der Waals surface area contributed by atoms with Crippen LogP contribution in [0.4, 0.5) is 17.1 Å². The molecule has 9 aromatic rings. The second-order valence-electron chi connectivity index (χ2n) is 16.7. The Balaban J connectivity index is 1.04. The Morgan fingerprint density at radius 1 is 0.643 bits per heavy atom. The lowest BCUT2D eigenvalue weighted by molar-refractivity contribution is 0.660.